The highest BCUT2D eigenvalue weighted by molar-refractivity contribution is 7.99. The molecule has 1 aromatic heterocycles. The number of benzene rings is 1. The molecule has 0 bridgehead atoms. The van der Waals surface area contributed by atoms with Crippen LogP contribution in [-0.4, -0.2) is 33.9 Å². The molecule has 0 radical (unpaired) electrons. The van der Waals surface area contributed by atoms with Crippen LogP contribution in [0.5, 0.6) is 5.75 Å². The van der Waals surface area contributed by atoms with E-state index in [1.54, 1.807) is 38.1 Å². The van der Waals surface area contributed by atoms with Gasteiger partial charge in [0.2, 0.25) is 5.91 Å². The summed E-state index contributed by atoms with van der Waals surface area (Å²) < 4.78 is 10.8. The van der Waals surface area contributed by atoms with E-state index in [4.69, 9.17) is 20.8 Å². The number of thioether (sulfide) groups is 1. The average Bonchev–Trinajstić information content (AvgIpc) is 2.99. The number of amides is 3. The molecule has 25 heavy (non-hydrogen) atoms. The minimum Gasteiger partial charge on any atom is -0.482 e. The van der Waals surface area contributed by atoms with Crippen molar-refractivity contribution in [2.45, 2.75) is 31.7 Å². The van der Waals surface area contributed by atoms with Gasteiger partial charge in [0.15, 0.2) is 6.61 Å². The molecule has 134 valence electrons. The van der Waals surface area contributed by atoms with E-state index in [-0.39, 0.29) is 29.5 Å². The highest BCUT2D eigenvalue weighted by atomic mass is 35.5. The molecular formula is C15H17ClN4O4S. The molecule has 3 amide bonds. The summed E-state index contributed by atoms with van der Waals surface area (Å²) in [7, 11) is 0. The van der Waals surface area contributed by atoms with E-state index in [1.165, 1.54) is 0 Å². The van der Waals surface area contributed by atoms with Crippen LogP contribution in [0, 0.1) is 0 Å². The fraction of sp³-hybridized carbons (Fsp3) is 0.333. The number of rotatable bonds is 7. The zero-order valence-electron chi connectivity index (χ0n) is 13.6. The third-order valence-corrected chi connectivity index (χ3v) is 3.77. The SMILES string of the molecule is CC(C)NC(=O)NC(=O)CSc1nnc(COc2ccccc2Cl)o1. The quantitative estimate of drug-likeness (QED) is 0.706. The highest BCUT2D eigenvalue weighted by Gasteiger charge is 2.13. The van der Waals surface area contributed by atoms with Crippen molar-refractivity contribution in [3.8, 4) is 5.75 Å². The molecule has 8 nitrogen and oxygen atoms in total. The van der Waals surface area contributed by atoms with E-state index < -0.39 is 11.9 Å². The summed E-state index contributed by atoms with van der Waals surface area (Å²) in [5.41, 5.74) is 0. The predicted octanol–water partition coefficient (Wildman–Crippen LogP) is 2.63. The molecule has 10 heteroatoms. The Kier molecular flexibility index (Phi) is 7.08. The number of ether oxygens (including phenoxy) is 1. The first-order valence-corrected chi connectivity index (χ1v) is 8.73. The summed E-state index contributed by atoms with van der Waals surface area (Å²) in [6.07, 6.45) is 0. The molecule has 0 unspecified atom stereocenters. The average molecular weight is 385 g/mol. The van der Waals surface area contributed by atoms with E-state index in [1.807, 2.05) is 0 Å². The van der Waals surface area contributed by atoms with Gasteiger partial charge in [-0.15, -0.1) is 10.2 Å². The number of carbonyl (C=O) groups excluding carboxylic acids is 2. The lowest BCUT2D eigenvalue weighted by Gasteiger charge is -2.08. The van der Waals surface area contributed by atoms with Crippen LogP contribution in [0.15, 0.2) is 33.9 Å². The number of hydrogen-bond donors (Lipinski definition) is 2. The van der Waals surface area contributed by atoms with Gasteiger partial charge >= 0.3 is 6.03 Å². The molecule has 2 N–H and O–H groups in total. The van der Waals surface area contributed by atoms with Crippen LogP contribution in [0.3, 0.4) is 0 Å². The van der Waals surface area contributed by atoms with Gasteiger partial charge in [-0.2, -0.15) is 0 Å². The van der Waals surface area contributed by atoms with Gasteiger partial charge in [0.05, 0.1) is 10.8 Å². The number of halogens is 1. The van der Waals surface area contributed by atoms with Crippen molar-refractivity contribution in [3.63, 3.8) is 0 Å². The number of nitrogens with zero attached hydrogens (tertiary/aromatic N) is 2. The molecule has 0 saturated carbocycles. The first-order chi connectivity index (χ1) is 11.9. The van der Waals surface area contributed by atoms with E-state index in [0.717, 1.165) is 11.8 Å². The molecule has 0 aliphatic carbocycles. The molecule has 2 rings (SSSR count). The smallest absolute Gasteiger partial charge is 0.321 e. The maximum atomic E-state index is 11.6. The first-order valence-electron chi connectivity index (χ1n) is 7.37. The Hall–Kier alpha value is -2.26. The number of para-hydroxylation sites is 1. The van der Waals surface area contributed by atoms with Crippen molar-refractivity contribution in [2.75, 3.05) is 5.75 Å². The zero-order chi connectivity index (χ0) is 18.2. The van der Waals surface area contributed by atoms with Crippen LogP contribution in [0.1, 0.15) is 19.7 Å². The van der Waals surface area contributed by atoms with E-state index >= 15 is 0 Å². The second-order valence-electron chi connectivity index (χ2n) is 5.15. The van der Waals surface area contributed by atoms with Gasteiger partial charge in [0.25, 0.3) is 11.1 Å². The largest absolute Gasteiger partial charge is 0.482 e. The molecule has 0 saturated heterocycles. The normalized spacial score (nSPS) is 10.6. The molecule has 2 aromatic rings. The van der Waals surface area contributed by atoms with Crippen LogP contribution in [0.25, 0.3) is 0 Å². The fourth-order valence-electron chi connectivity index (χ4n) is 1.64. The molecule has 0 fully saturated rings. The van der Waals surface area contributed by atoms with Crippen LogP contribution in [0.4, 0.5) is 4.79 Å². The second-order valence-corrected chi connectivity index (χ2v) is 6.48. The third-order valence-electron chi connectivity index (χ3n) is 2.64. The lowest BCUT2D eigenvalue weighted by Crippen LogP contribution is -2.43. The summed E-state index contributed by atoms with van der Waals surface area (Å²) in [6.45, 7) is 3.65. The van der Waals surface area contributed by atoms with Gasteiger partial charge in [-0.05, 0) is 26.0 Å². The molecule has 0 aliphatic rings. The summed E-state index contributed by atoms with van der Waals surface area (Å²) in [4.78, 5) is 23.0. The topological polar surface area (TPSA) is 106 Å². The summed E-state index contributed by atoms with van der Waals surface area (Å²) in [5, 5.41) is 13.1. The van der Waals surface area contributed by atoms with Crippen molar-refractivity contribution in [3.05, 3.63) is 35.2 Å². The second kappa shape index (κ2) is 9.28. The Morgan fingerprint density at radius 3 is 2.80 bits per heavy atom. The Labute approximate surface area is 153 Å². The third kappa shape index (κ3) is 6.63. The molecular weight excluding hydrogens is 368 g/mol. The van der Waals surface area contributed by atoms with Crippen molar-refractivity contribution in [2.24, 2.45) is 0 Å². The van der Waals surface area contributed by atoms with Crippen LogP contribution in [0.2, 0.25) is 5.02 Å². The monoisotopic (exact) mass is 384 g/mol. The molecule has 0 aliphatic heterocycles. The molecule has 0 atom stereocenters. The van der Waals surface area contributed by atoms with E-state index in [9.17, 15) is 9.59 Å². The number of hydrogen-bond acceptors (Lipinski definition) is 7. The van der Waals surface area contributed by atoms with Crippen molar-refractivity contribution in [1.29, 1.82) is 0 Å². The first kappa shape index (κ1) is 19.1. The van der Waals surface area contributed by atoms with Gasteiger partial charge in [-0.1, -0.05) is 35.5 Å². The summed E-state index contributed by atoms with van der Waals surface area (Å²) in [6, 6.07) is 6.42. The van der Waals surface area contributed by atoms with Crippen molar-refractivity contribution in [1.82, 2.24) is 20.8 Å². The zero-order valence-corrected chi connectivity index (χ0v) is 15.2. The summed E-state index contributed by atoms with van der Waals surface area (Å²) in [5.74, 6) is 0.265. The van der Waals surface area contributed by atoms with Crippen LogP contribution >= 0.6 is 23.4 Å². The van der Waals surface area contributed by atoms with Gasteiger partial charge in [-0.3, -0.25) is 10.1 Å². The summed E-state index contributed by atoms with van der Waals surface area (Å²) >= 11 is 7.00. The molecule has 1 aromatic carbocycles. The lowest BCUT2D eigenvalue weighted by molar-refractivity contribution is -0.117. The highest BCUT2D eigenvalue weighted by Crippen LogP contribution is 2.24. The number of urea groups is 1. The van der Waals surface area contributed by atoms with E-state index in [0.29, 0.717) is 10.8 Å². The Bertz CT molecular complexity index is 738. The Balaban J connectivity index is 1.76. The van der Waals surface area contributed by atoms with Crippen molar-refractivity contribution >= 4 is 35.3 Å². The Morgan fingerprint density at radius 2 is 2.08 bits per heavy atom. The fourth-order valence-corrected chi connectivity index (χ4v) is 2.42. The number of aromatic nitrogens is 2. The lowest BCUT2D eigenvalue weighted by atomic mass is 10.3. The standard InChI is InChI=1S/C15H17ClN4O4S/c1-9(2)17-14(22)18-12(21)8-25-15-20-19-13(24-15)7-23-11-6-4-3-5-10(11)16/h3-6,9H,7-8H2,1-2H3,(H2,17,18,21,22). The maximum absolute atomic E-state index is 11.6. The van der Waals surface area contributed by atoms with E-state index in [2.05, 4.69) is 20.8 Å². The predicted molar refractivity (Wildman–Crippen MR) is 92.6 cm³/mol. The van der Waals surface area contributed by atoms with Gasteiger partial charge < -0.3 is 14.5 Å². The van der Waals surface area contributed by atoms with Crippen LogP contribution in [-0.2, 0) is 11.4 Å². The minimum atomic E-state index is -0.542. The minimum absolute atomic E-state index is 0.0292. The number of imide groups is 1. The Morgan fingerprint density at radius 1 is 1.32 bits per heavy atom. The maximum Gasteiger partial charge on any atom is 0.321 e. The van der Waals surface area contributed by atoms with Gasteiger partial charge in [-0.25, -0.2) is 4.79 Å². The molecule has 0 spiro atoms. The number of carbonyl (C=O) groups is 2. The van der Waals surface area contributed by atoms with Crippen molar-refractivity contribution < 1.29 is 18.7 Å². The van der Waals surface area contributed by atoms with Crippen LogP contribution < -0.4 is 15.4 Å². The van der Waals surface area contributed by atoms with Gasteiger partial charge in [0, 0.05) is 6.04 Å². The van der Waals surface area contributed by atoms with Gasteiger partial charge in [0.1, 0.15) is 5.75 Å². The molecule has 1 heterocycles. The number of nitrogens with one attached hydrogen (secondary N) is 2.